The fourth-order valence-corrected chi connectivity index (χ4v) is 2.68. The molecule has 0 radical (unpaired) electrons. The molecule has 21 heavy (non-hydrogen) atoms. The van der Waals surface area contributed by atoms with E-state index in [4.69, 9.17) is 0 Å². The largest absolute Gasteiger partial charge is 0.379 e. The summed E-state index contributed by atoms with van der Waals surface area (Å²) in [4.78, 5) is 0. The van der Waals surface area contributed by atoms with Crippen LogP contribution < -0.4 is 5.32 Å². The van der Waals surface area contributed by atoms with Crippen LogP contribution >= 0.6 is 0 Å². The third-order valence-corrected chi connectivity index (χ3v) is 4.09. The van der Waals surface area contributed by atoms with Crippen molar-refractivity contribution < 1.29 is 0 Å². The number of rotatable bonds is 6. The summed E-state index contributed by atoms with van der Waals surface area (Å²) in [5.41, 5.74) is 5.43. The van der Waals surface area contributed by atoms with E-state index >= 15 is 0 Å². The van der Waals surface area contributed by atoms with Crippen molar-refractivity contribution in [3.63, 3.8) is 0 Å². The topological polar surface area (TPSA) is 17.0 Å². The number of aromatic nitrogens is 1. The van der Waals surface area contributed by atoms with Gasteiger partial charge in [-0.25, -0.2) is 0 Å². The van der Waals surface area contributed by atoms with Gasteiger partial charge in [0, 0.05) is 24.1 Å². The smallest absolute Gasteiger partial charge is 0.0553 e. The number of nitrogens with one attached hydrogen (secondary N) is 1. The lowest BCUT2D eigenvalue weighted by Gasteiger charge is -2.18. The number of benzene rings is 1. The minimum absolute atomic E-state index is 0.532. The summed E-state index contributed by atoms with van der Waals surface area (Å²) in [6, 6.07) is 11.2. The van der Waals surface area contributed by atoms with E-state index in [1.165, 1.54) is 22.5 Å². The molecule has 2 nitrogen and oxygen atoms in total. The Morgan fingerprint density at radius 2 is 1.81 bits per heavy atom. The Morgan fingerprint density at radius 3 is 2.43 bits per heavy atom. The maximum absolute atomic E-state index is 3.62. The summed E-state index contributed by atoms with van der Waals surface area (Å²) < 4.78 is 2.28. The second-order valence-electron chi connectivity index (χ2n) is 6.30. The van der Waals surface area contributed by atoms with E-state index in [2.05, 4.69) is 81.0 Å². The summed E-state index contributed by atoms with van der Waals surface area (Å²) in [5.74, 6) is 1.11. The Kier molecular flexibility index (Phi) is 5.11. The summed E-state index contributed by atoms with van der Waals surface area (Å²) in [5, 5.41) is 3.62. The molecule has 2 heteroatoms. The summed E-state index contributed by atoms with van der Waals surface area (Å²) >= 11 is 0. The molecule has 0 saturated carbocycles. The minimum atomic E-state index is 0.532. The number of hydrogen-bond donors (Lipinski definition) is 1. The average molecular weight is 284 g/mol. The van der Waals surface area contributed by atoms with Gasteiger partial charge in [-0.1, -0.05) is 39.8 Å². The third kappa shape index (κ3) is 3.69. The molecule has 1 heterocycles. The van der Waals surface area contributed by atoms with Crippen molar-refractivity contribution in [2.45, 2.75) is 59.5 Å². The van der Waals surface area contributed by atoms with Crippen LogP contribution in [0.4, 0.5) is 5.69 Å². The second kappa shape index (κ2) is 6.84. The minimum Gasteiger partial charge on any atom is -0.379 e. The second-order valence-corrected chi connectivity index (χ2v) is 6.30. The van der Waals surface area contributed by atoms with Gasteiger partial charge < -0.3 is 9.88 Å². The van der Waals surface area contributed by atoms with E-state index in [1.54, 1.807) is 0 Å². The van der Waals surface area contributed by atoms with Crippen molar-refractivity contribution in [3.8, 4) is 0 Å². The molecule has 0 unspecified atom stereocenters. The zero-order chi connectivity index (χ0) is 15.4. The van der Waals surface area contributed by atoms with Gasteiger partial charge in [-0.05, 0) is 48.1 Å². The molecule has 2 aromatic rings. The monoisotopic (exact) mass is 284 g/mol. The molecule has 0 aliphatic heterocycles. The Bertz CT molecular complexity index is 579. The average Bonchev–Trinajstić information content (AvgIpc) is 2.92. The molecule has 114 valence electrons. The van der Waals surface area contributed by atoms with Crippen molar-refractivity contribution in [2.24, 2.45) is 0 Å². The van der Waals surface area contributed by atoms with Gasteiger partial charge in [0.2, 0.25) is 0 Å². The van der Waals surface area contributed by atoms with Crippen LogP contribution in [0, 0.1) is 0 Å². The molecule has 2 rings (SSSR count). The Morgan fingerprint density at radius 1 is 1.05 bits per heavy atom. The van der Waals surface area contributed by atoms with Crippen LogP contribution in [-0.4, -0.2) is 4.57 Å². The van der Waals surface area contributed by atoms with E-state index in [-0.39, 0.29) is 0 Å². The first kappa shape index (κ1) is 15.7. The van der Waals surface area contributed by atoms with Crippen molar-refractivity contribution in [3.05, 3.63) is 53.3 Å². The van der Waals surface area contributed by atoms with Crippen LogP contribution in [0.5, 0.6) is 0 Å². The van der Waals surface area contributed by atoms with E-state index < -0.39 is 0 Å². The molecule has 0 atom stereocenters. The molecule has 1 aromatic heterocycles. The number of hydrogen-bond acceptors (Lipinski definition) is 1. The van der Waals surface area contributed by atoms with Gasteiger partial charge in [-0.2, -0.15) is 0 Å². The van der Waals surface area contributed by atoms with Crippen molar-refractivity contribution in [2.75, 3.05) is 5.32 Å². The summed E-state index contributed by atoms with van der Waals surface area (Å²) in [6.45, 7) is 13.1. The Balaban J connectivity index is 2.19. The van der Waals surface area contributed by atoms with Gasteiger partial charge in [0.05, 0.1) is 6.54 Å². The lowest BCUT2D eigenvalue weighted by atomic mass is 9.94. The van der Waals surface area contributed by atoms with Crippen LogP contribution in [0.1, 0.15) is 63.3 Å². The number of nitrogens with zero attached hydrogens (tertiary/aromatic N) is 1. The quantitative estimate of drug-likeness (QED) is 0.755. The van der Waals surface area contributed by atoms with Gasteiger partial charge in [0.15, 0.2) is 0 Å². The third-order valence-electron chi connectivity index (χ3n) is 4.09. The first-order valence-electron chi connectivity index (χ1n) is 8.04. The molecule has 1 N–H and O–H groups in total. The van der Waals surface area contributed by atoms with Gasteiger partial charge in [-0.15, -0.1) is 0 Å². The maximum atomic E-state index is 3.62. The first-order valence-corrected chi connectivity index (χ1v) is 8.04. The zero-order valence-corrected chi connectivity index (χ0v) is 14.0. The predicted molar refractivity (Wildman–Crippen MR) is 92.1 cm³/mol. The van der Waals surface area contributed by atoms with Crippen molar-refractivity contribution >= 4 is 5.69 Å². The lowest BCUT2D eigenvalue weighted by Crippen LogP contribution is -2.08. The molecule has 1 aromatic carbocycles. The molecular weight excluding hydrogens is 256 g/mol. The molecule has 0 fully saturated rings. The van der Waals surface area contributed by atoms with E-state index in [0.29, 0.717) is 11.8 Å². The summed E-state index contributed by atoms with van der Waals surface area (Å²) in [6.07, 6.45) is 2.14. The SMILES string of the molecule is CCn1cccc1CNc1ccc(C(C)C)cc1C(C)C. The van der Waals surface area contributed by atoms with Gasteiger partial charge >= 0.3 is 0 Å². The van der Waals surface area contributed by atoms with Gasteiger partial charge in [-0.3, -0.25) is 0 Å². The fourth-order valence-electron chi connectivity index (χ4n) is 2.68. The predicted octanol–water partition coefficient (Wildman–Crippen LogP) is 5.37. The summed E-state index contributed by atoms with van der Waals surface area (Å²) in [7, 11) is 0. The van der Waals surface area contributed by atoms with E-state index in [0.717, 1.165) is 13.1 Å². The molecule has 0 spiro atoms. The molecule has 0 saturated heterocycles. The fraction of sp³-hybridized carbons (Fsp3) is 0.474. The van der Waals surface area contributed by atoms with E-state index in [9.17, 15) is 0 Å². The molecule has 0 amide bonds. The Hall–Kier alpha value is -1.70. The molecule has 0 aliphatic rings. The highest BCUT2D eigenvalue weighted by molar-refractivity contribution is 5.54. The van der Waals surface area contributed by atoms with Crippen LogP contribution in [0.25, 0.3) is 0 Å². The highest BCUT2D eigenvalue weighted by Gasteiger charge is 2.10. The first-order chi connectivity index (χ1) is 10.0. The standard InChI is InChI=1S/C19H28N2/c1-6-21-11-7-8-17(21)13-20-19-10-9-16(14(2)3)12-18(19)15(4)5/h7-12,14-15,20H,6,13H2,1-5H3. The van der Waals surface area contributed by atoms with Crippen molar-refractivity contribution in [1.82, 2.24) is 4.57 Å². The van der Waals surface area contributed by atoms with E-state index in [1.807, 2.05) is 0 Å². The highest BCUT2D eigenvalue weighted by Crippen LogP contribution is 2.28. The van der Waals surface area contributed by atoms with Gasteiger partial charge in [0.25, 0.3) is 0 Å². The maximum Gasteiger partial charge on any atom is 0.0553 e. The van der Waals surface area contributed by atoms with Crippen LogP contribution in [0.3, 0.4) is 0 Å². The van der Waals surface area contributed by atoms with Crippen LogP contribution in [0.15, 0.2) is 36.5 Å². The lowest BCUT2D eigenvalue weighted by molar-refractivity contribution is 0.723. The highest BCUT2D eigenvalue weighted by atomic mass is 15.0. The van der Waals surface area contributed by atoms with Gasteiger partial charge in [0.1, 0.15) is 0 Å². The Labute approximate surface area is 129 Å². The molecule has 0 aliphatic carbocycles. The number of anilines is 1. The molecule has 0 bridgehead atoms. The molecular formula is C19H28N2. The normalized spacial score (nSPS) is 11.4. The van der Waals surface area contributed by atoms with Crippen molar-refractivity contribution in [1.29, 1.82) is 0 Å². The van der Waals surface area contributed by atoms with Crippen LogP contribution in [0.2, 0.25) is 0 Å². The van der Waals surface area contributed by atoms with Crippen LogP contribution in [-0.2, 0) is 13.1 Å². The zero-order valence-electron chi connectivity index (χ0n) is 14.0. The number of aryl methyl sites for hydroxylation is 1.